The van der Waals surface area contributed by atoms with Crippen LogP contribution in [0.4, 0.5) is 11.4 Å². The molecule has 8 heteroatoms. The smallest absolute Gasteiger partial charge is 0.231 e. The topological polar surface area (TPSA) is 111 Å². The predicted octanol–water partition coefficient (Wildman–Crippen LogP) is 3.21. The van der Waals surface area contributed by atoms with Crippen molar-refractivity contribution in [3.05, 3.63) is 36.4 Å². The molecule has 2 amide bonds. The molecule has 0 heterocycles. The lowest BCUT2D eigenvalue weighted by Gasteiger charge is -2.16. The highest BCUT2D eigenvalue weighted by Crippen LogP contribution is 2.39. The molecule has 158 valence electrons. The predicted molar refractivity (Wildman–Crippen MR) is 113 cm³/mol. The summed E-state index contributed by atoms with van der Waals surface area (Å²) in [4.78, 5) is 46.2. The number of carbonyl (C=O) groups is 4. The Labute approximate surface area is 174 Å². The molecule has 8 nitrogen and oxygen atoms in total. The van der Waals surface area contributed by atoms with E-state index in [1.165, 1.54) is 28.1 Å². The lowest BCUT2D eigenvalue weighted by Crippen LogP contribution is -2.15. The summed E-state index contributed by atoms with van der Waals surface area (Å²) < 4.78 is 10.9. The average molecular weight is 412 g/mol. The molecule has 0 aliphatic rings. The Kier molecular flexibility index (Phi) is 7.69. The van der Waals surface area contributed by atoms with Crippen LogP contribution < -0.4 is 20.1 Å². The van der Waals surface area contributed by atoms with Crippen molar-refractivity contribution in [2.24, 2.45) is 0 Å². The summed E-state index contributed by atoms with van der Waals surface area (Å²) in [6, 6.07) is 10.1. The zero-order valence-electron chi connectivity index (χ0n) is 17.3. The van der Waals surface area contributed by atoms with Crippen molar-refractivity contribution in [2.45, 2.75) is 26.7 Å². The first kappa shape index (κ1) is 22.6. The molecule has 0 spiro atoms. The van der Waals surface area contributed by atoms with Crippen LogP contribution in [0.3, 0.4) is 0 Å². The Morgan fingerprint density at radius 2 is 1.07 bits per heavy atom. The van der Waals surface area contributed by atoms with Crippen molar-refractivity contribution in [1.29, 1.82) is 0 Å². The second-order valence-electron chi connectivity index (χ2n) is 6.68. The average Bonchev–Trinajstić information content (AvgIpc) is 2.66. The van der Waals surface area contributed by atoms with E-state index in [0.29, 0.717) is 34.0 Å². The van der Waals surface area contributed by atoms with Crippen LogP contribution in [0.5, 0.6) is 11.5 Å². The van der Waals surface area contributed by atoms with Crippen LogP contribution in [0, 0.1) is 0 Å². The van der Waals surface area contributed by atoms with E-state index in [9.17, 15) is 19.2 Å². The number of methoxy groups -OCH3 is 2. The number of amides is 2. The zero-order valence-corrected chi connectivity index (χ0v) is 17.3. The maximum atomic E-state index is 11.9. The van der Waals surface area contributed by atoms with Gasteiger partial charge in [-0.15, -0.1) is 0 Å². The molecular formula is C22H24N2O6. The summed E-state index contributed by atoms with van der Waals surface area (Å²) in [5.41, 5.74) is 2.17. The van der Waals surface area contributed by atoms with Gasteiger partial charge in [0.25, 0.3) is 0 Å². The molecule has 30 heavy (non-hydrogen) atoms. The van der Waals surface area contributed by atoms with Crippen LogP contribution in [0.15, 0.2) is 36.4 Å². The number of Topliss-reactive ketones (excluding diaryl/α,β-unsaturated/α-hetero) is 2. The Morgan fingerprint density at radius 1 is 0.700 bits per heavy atom. The van der Waals surface area contributed by atoms with Gasteiger partial charge in [-0.2, -0.15) is 0 Å². The summed E-state index contributed by atoms with van der Waals surface area (Å²) in [7, 11) is 3.02. The number of carbonyl (C=O) groups excluding carboxylic acids is 4. The van der Waals surface area contributed by atoms with E-state index >= 15 is 0 Å². The van der Waals surface area contributed by atoms with Gasteiger partial charge >= 0.3 is 0 Å². The standard InChI is InChI=1S/C22H24N2O6/c1-13(25)9-21(27)23-15-5-7-19(29-3)17(11-15)18-12-16(6-8-20(18)30-4)24-22(28)10-14(2)26/h5-8,11-12H,9-10H2,1-4H3,(H,23,27)(H,24,28). The maximum absolute atomic E-state index is 11.9. The second kappa shape index (κ2) is 10.2. The minimum absolute atomic E-state index is 0.220. The van der Waals surface area contributed by atoms with Crippen molar-refractivity contribution in [1.82, 2.24) is 0 Å². The molecule has 2 N–H and O–H groups in total. The fourth-order valence-corrected chi connectivity index (χ4v) is 2.86. The number of ether oxygens (including phenoxy) is 2. The van der Waals surface area contributed by atoms with Gasteiger partial charge in [-0.3, -0.25) is 19.2 Å². The van der Waals surface area contributed by atoms with Crippen molar-refractivity contribution >= 4 is 34.8 Å². The molecule has 2 aromatic carbocycles. The number of anilines is 2. The Hall–Kier alpha value is -3.68. The molecular weight excluding hydrogens is 388 g/mol. The monoisotopic (exact) mass is 412 g/mol. The third-order valence-corrected chi connectivity index (χ3v) is 4.08. The van der Waals surface area contributed by atoms with Crippen molar-refractivity contribution in [2.75, 3.05) is 24.9 Å². The fourth-order valence-electron chi connectivity index (χ4n) is 2.86. The van der Waals surface area contributed by atoms with E-state index in [4.69, 9.17) is 9.47 Å². The van der Waals surface area contributed by atoms with Crippen LogP contribution in [0.1, 0.15) is 26.7 Å². The maximum Gasteiger partial charge on any atom is 0.231 e. The van der Waals surface area contributed by atoms with Gasteiger partial charge in [-0.05, 0) is 50.2 Å². The summed E-state index contributed by atoms with van der Waals surface area (Å²) in [5, 5.41) is 5.35. The molecule has 2 aromatic rings. The second-order valence-corrected chi connectivity index (χ2v) is 6.68. The molecule has 2 rings (SSSR count). The molecule has 0 aromatic heterocycles. The summed E-state index contributed by atoms with van der Waals surface area (Å²) >= 11 is 0. The third-order valence-electron chi connectivity index (χ3n) is 4.08. The Bertz CT molecular complexity index is 904. The van der Waals surface area contributed by atoms with Gasteiger partial charge in [0.2, 0.25) is 11.8 Å². The van der Waals surface area contributed by atoms with Crippen LogP contribution in [0.25, 0.3) is 11.1 Å². The summed E-state index contributed by atoms with van der Waals surface area (Å²) in [6.45, 7) is 2.69. The van der Waals surface area contributed by atoms with Crippen molar-refractivity contribution < 1.29 is 28.7 Å². The molecule has 0 radical (unpaired) electrons. The van der Waals surface area contributed by atoms with E-state index < -0.39 is 11.8 Å². The molecule has 0 atom stereocenters. The fraction of sp³-hybridized carbons (Fsp3) is 0.273. The normalized spacial score (nSPS) is 10.1. The van der Waals surface area contributed by atoms with Crippen LogP contribution in [-0.4, -0.2) is 37.6 Å². The van der Waals surface area contributed by atoms with E-state index in [0.717, 1.165) is 0 Å². The highest BCUT2D eigenvalue weighted by molar-refractivity contribution is 6.05. The van der Waals surface area contributed by atoms with Crippen LogP contribution >= 0.6 is 0 Å². The molecule has 0 saturated carbocycles. The first-order valence-corrected chi connectivity index (χ1v) is 9.18. The van der Waals surface area contributed by atoms with Crippen molar-refractivity contribution in [3.8, 4) is 22.6 Å². The molecule has 0 unspecified atom stereocenters. The van der Waals surface area contributed by atoms with Crippen LogP contribution in [-0.2, 0) is 19.2 Å². The van der Waals surface area contributed by atoms with Gasteiger partial charge in [0, 0.05) is 22.5 Å². The van der Waals surface area contributed by atoms with E-state index in [1.54, 1.807) is 36.4 Å². The van der Waals surface area contributed by atoms with Gasteiger partial charge in [0.05, 0.1) is 27.1 Å². The SMILES string of the molecule is COc1ccc(NC(=O)CC(C)=O)cc1-c1cc(NC(=O)CC(C)=O)ccc1OC. The van der Waals surface area contributed by atoms with Gasteiger partial charge < -0.3 is 20.1 Å². The lowest BCUT2D eigenvalue weighted by atomic mass is 10.0. The Balaban J connectivity index is 2.44. The minimum Gasteiger partial charge on any atom is -0.496 e. The van der Waals surface area contributed by atoms with Crippen LogP contribution in [0.2, 0.25) is 0 Å². The van der Waals surface area contributed by atoms with Gasteiger partial charge in [0.1, 0.15) is 23.1 Å². The number of ketones is 2. The molecule has 0 saturated heterocycles. The van der Waals surface area contributed by atoms with Gasteiger partial charge in [-0.1, -0.05) is 0 Å². The zero-order chi connectivity index (χ0) is 22.3. The number of benzene rings is 2. The van der Waals surface area contributed by atoms with Gasteiger partial charge in [-0.25, -0.2) is 0 Å². The molecule has 0 aliphatic heterocycles. The lowest BCUT2D eigenvalue weighted by molar-refractivity contribution is -0.125. The number of hydrogen-bond donors (Lipinski definition) is 2. The summed E-state index contributed by atoms with van der Waals surface area (Å²) in [6.07, 6.45) is -0.440. The highest BCUT2D eigenvalue weighted by atomic mass is 16.5. The first-order valence-electron chi connectivity index (χ1n) is 9.18. The molecule has 0 aliphatic carbocycles. The molecule has 0 bridgehead atoms. The highest BCUT2D eigenvalue weighted by Gasteiger charge is 2.16. The number of rotatable bonds is 9. The molecule has 0 fully saturated rings. The van der Waals surface area contributed by atoms with Crippen molar-refractivity contribution in [3.63, 3.8) is 0 Å². The third kappa shape index (κ3) is 6.16. The summed E-state index contributed by atoms with van der Waals surface area (Å²) in [5.74, 6) is -0.282. The van der Waals surface area contributed by atoms with Gasteiger partial charge in [0.15, 0.2) is 0 Å². The number of hydrogen-bond acceptors (Lipinski definition) is 6. The van der Waals surface area contributed by atoms with E-state index in [1.807, 2.05) is 0 Å². The largest absolute Gasteiger partial charge is 0.496 e. The first-order chi connectivity index (χ1) is 14.2. The van der Waals surface area contributed by atoms with E-state index in [-0.39, 0.29) is 24.4 Å². The quantitative estimate of drug-likeness (QED) is 0.612. The minimum atomic E-state index is -0.421. The number of nitrogens with one attached hydrogen (secondary N) is 2. The van der Waals surface area contributed by atoms with E-state index in [2.05, 4.69) is 10.6 Å². The Morgan fingerprint density at radius 3 is 1.37 bits per heavy atom.